The first-order valence-electron chi connectivity index (χ1n) is 5.08. The lowest BCUT2D eigenvalue weighted by molar-refractivity contribution is -0.0587. The smallest absolute Gasteiger partial charge is 0.128 e. The van der Waals surface area contributed by atoms with Crippen LogP contribution in [0.4, 0.5) is 0 Å². The normalized spacial score (nSPS) is 22.6. The van der Waals surface area contributed by atoms with Crippen molar-refractivity contribution in [1.82, 2.24) is 0 Å². The highest BCUT2D eigenvalue weighted by molar-refractivity contribution is 6.18. The van der Waals surface area contributed by atoms with E-state index in [9.17, 15) is 5.11 Å². The van der Waals surface area contributed by atoms with Crippen LogP contribution >= 0.6 is 11.6 Å². The fourth-order valence-electron chi connectivity index (χ4n) is 1.75. The van der Waals surface area contributed by atoms with Crippen LogP contribution in [0.1, 0.15) is 32.1 Å². The van der Waals surface area contributed by atoms with Crippen molar-refractivity contribution in [3.63, 3.8) is 0 Å². The molecule has 1 rings (SSSR count). The minimum absolute atomic E-state index is 0.195. The van der Waals surface area contributed by atoms with E-state index in [1.54, 1.807) is 0 Å². The van der Waals surface area contributed by atoms with Gasteiger partial charge in [0.2, 0.25) is 0 Å². The Balaban J connectivity index is 2.41. The summed E-state index contributed by atoms with van der Waals surface area (Å²) in [5.74, 6) is 2.92. The Morgan fingerprint density at radius 1 is 1.43 bits per heavy atom. The van der Waals surface area contributed by atoms with Gasteiger partial charge >= 0.3 is 0 Å². The van der Waals surface area contributed by atoms with E-state index in [1.165, 1.54) is 6.42 Å². The van der Waals surface area contributed by atoms with E-state index in [2.05, 4.69) is 5.92 Å². The van der Waals surface area contributed by atoms with Crippen LogP contribution in [0.15, 0.2) is 0 Å². The van der Waals surface area contributed by atoms with E-state index < -0.39 is 11.7 Å². The summed E-state index contributed by atoms with van der Waals surface area (Å²) in [6.45, 7) is 0.244. The Bertz CT molecular complexity index is 204. The molecule has 0 saturated heterocycles. The molecule has 0 amide bonds. The Hall–Kier alpha value is -0.230. The number of hydrogen-bond donors (Lipinski definition) is 1. The minimum Gasteiger partial charge on any atom is -0.389 e. The number of alkyl halides is 1. The standard InChI is InChI=1S/C11H17ClO2/c1-2-11(6-4-3-5-7-11)14-9-10(13)8-12/h1,10,13H,3-9H2/t10-/m0/s1. The van der Waals surface area contributed by atoms with Gasteiger partial charge in [-0.3, -0.25) is 0 Å². The fourth-order valence-corrected chi connectivity index (χ4v) is 1.84. The molecule has 0 aromatic rings. The SMILES string of the molecule is C#CC1(OC[C@@H](O)CCl)CCCCC1. The second kappa shape index (κ2) is 5.60. The summed E-state index contributed by atoms with van der Waals surface area (Å²) in [6, 6.07) is 0. The number of ether oxygens (including phenoxy) is 1. The van der Waals surface area contributed by atoms with E-state index in [-0.39, 0.29) is 12.5 Å². The topological polar surface area (TPSA) is 29.5 Å². The van der Waals surface area contributed by atoms with Gasteiger partial charge in [-0.05, 0) is 25.7 Å². The van der Waals surface area contributed by atoms with E-state index in [4.69, 9.17) is 22.8 Å². The first-order chi connectivity index (χ1) is 6.72. The molecule has 1 N–H and O–H groups in total. The average molecular weight is 217 g/mol. The van der Waals surface area contributed by atoms with E-state index in [0.29, 0.717) is 0 Å². The zero-order valence-electron chi connectivity index (χ0n) is 8.34. The zero-order chi connectivity index (χ0) is 10.4. The predicted molar refractivity (Wildman–Crippen MR) is 57.3 cm³/mol. The summed E-state index contributed by atoms with van der Waals surface area (Å²) < 4.78 is 5.60. The van der Waals surface area contributed by atoms with Crippen LogP contribution < -0.4 is 0 Å². The van der Waals surface area contributed by atoms with Crippen LogP contribution in [0, 0.1) is 12.3 Å². The fraction of sp³-hybridized carbons (Fsp3) is 0.818. The van der Waals surface area contributed by atoms with E-state index >= 15 is 0 Å². The lowest BCUT2D eigenvalue weighted by Gasteiger charge is -2.33. The largest absolute Gasteiger partial charge is 0.389 e. The summed E-state index contributed by atoms with van der Waals surface area (Å²) in [6.07, 6.45) is 10.1. The highest BCUT2D eigenvalue weighted by Gasteiger charge is 2.31. The molecule has 0 aromatic heterocycles. The number of aliphatic hydroxyl groups is 1. The molecule has 0 aliphatic heterocycles. The molecule has 0 bridgehead atoms. The van der Waals surface area contributed by atoms with E-state index in [0.717, 1.165) is 25.7 Å². The van der Waals surface area contributed by atoms with Gasteiger partial charge in [0.15, 0.2) is 0 Å². The highest BCUT2D eigenvalue weighted by Crippen LogP contribution is 2.31. The molecule has 0 radical (unpaired) electrons. The molecule has 1 atom stereocenters. The van der Waals surface area contributed by atoms with Crippen LogP contribution in [0.2, 0.25) is 0 Å². The monoisotopic (exact) mass is 216 g/mol. The predicted octanol–water partition coefficient (Wildman–Crippen LogP) is 1.94. The molecule has 1 fully saturated rings. The summed E-state index contributed by atoms with van der Waals surface area (Å²) >= 11 is 5.48. The second-order valence-corrected chi connectivity index (χ2v) is 4.13. The molecule has 0 spiro atoms. The number of hydrogen-bond acceptors (Lipinski definition) is 2. The van der Waals surface area contributed by atoms with Crippen molar-refractivity contribution in [3.8, 4) is 12.3 Å². The molecule has 0 unspecified atom stereocenters. The Labute approximate surface area is 90.6 Å². The van der Waals surface area contributed by atoms with Crippen LogP contribution in [-0.4, -0.2) is 29.3 Å². The van der Waals surface area contributed by atoms with Crippen molar-refractivity contribution in [3.05, 3.63) is 0 Å². The number of rotatable bonds is 4. The molecule has 0 aromatic carbocycles. The number of terminal acetylenes is 1. The molecule has 14 heavy (non-hydrogen) atoms. The molecular formula is C11H17ClO2. The van der Waals surface area contributed by atoms with Gasteiger partial charge in [0.25, 0.3) is 0 Å². The van der Waals surface area contributed by atoms with Crippen LogP contribution in [-0.2, 0) is 4.74 Å². The molecule has 80 valence electrons. The quantitative estimate of drug-likeness (QED) is 0.575. The van der Waals surface area contributed by atoms with Gasteiger partial charge in [-0.25, -0.2) is 0 Å². The van der Waals surface area contributed by atoms with Crippen molar-refractivity contribution in [2.75, 3.05) is 12.5 Å². The average Bonchev–Trinajstić information content (AvgIpc) is 2.27. The first-order valence-corrected chi connectivity index (χ1v) is 5.62. The lowest BCUT2D eigenvalue weighted by atomic mass is 9.85. The lowest BCUT2D eigenvalue weighted by Crippen LogP contribution is -2.36. The van der Waals surface area contributed by atoms with Crippen LogP contribution in [0.3, 0.4) is 0 Å². The van der Waals surface area contributed by atoms with Gasteiger partial charge in [-0.1, -0.05) is 12.3 Å². The molecule has 2 nitrogen and oxygen atoms in total. The zero-order valence-corrected chi connectivity index (χ0v) is 9.09. The summed E-state index contributed by atoms with van der Waals surface area (Å²) in [5, 5.41) is 9.27. The van der Waals surface area contributed by atoms with Gasteiger partial charge in [-0.2, -0.15) is 0 Å². The van der Waals surface area contributed by atoms with Crippen molar-refractivity contribution in [1.29, 1.82) is 0 Å². The van der Waals surface area contributed by atoms with Gasteiger partial charge in [0.1, 0.15) is 5.60 Å². The maximum atomic E-state index is 9.27. The van der Waals surface area contributed by atoms with Gasteiger partial charge in [0.05, 0.1) is 18.6 Å². The summed E-state index contributed by atoms with van der Waals surface area (Å²) in [5.41, 5.74) is -0.439. The third-order valence-corrected chi connectivity index (χ3v) is 3.01. The third kappa shape index (κ3) is 3.16. The molecule has 1 aliphatic carbocycles. The van der Waals surface area contributed by atoms with Gasteiger partial charge in [0, 0.05) is 0 Å². The Morgan fingerprint density at radius 3 is 2.57 bits per heavy atom. The van der Waals surface area contributed by atoms with Crippen molar-refractivity contribution in [2.45, 2.75) is 43.8 Å². The second-order valence-electron chi connectivity index (χ2n) is 3.82. The van der Waals surface area contributed by atoms with Crippen molar-refractivity contribution in [2.24, 2.45) is 0 Å². The van der Waals surface area contributed by atoms with E-state index in [1.807, 2.05) is 0 Å². The highest BCUT2D eigenvalue weighted by atomic mass is 35.5. The molecular weight excluding hydrogens is 200 g/mol. The summed E-state index contributed by atoms with van der Waals surface area (Å²) in [7, 11) is 0. The maximum Gasteiger partial charge on any atom is 0.128 e. The molecule has 1 saturated carbocycles. The van der Waals surface area contributed by atoms with Crippen molar-refractivity contribution >= 4 is 11.6 Å². The van der Waals surface area contributed by atoms with Crippen molar-refractivity contribution < 1.29 is 9.84 Å². The molecule has 1 aliphatic rings. The van der Waals surface area contributed by atoms with Gasteiger partial charge in [-0.15, -0.1) is 18.0 Å². The van der Waals surface area contributed by atoms with Gasteiger partial charge < -0.3 is 9.84 Å². The Kier molecular flexibility index (Phi) is 4.74. The molecule has 3 heteroatoms. The number of aliphatic hydroxyl groups excluding tert-OH is 1. The molecule has 0 heterocycles. The Morgan fingerprint density at radius 2 is 2.07 bits per heavy atom. The third-order valence-electron chi connectivity index (χ3n) is 2.65. The van der Waals surface area contributed by atoms with Crippen LogP contribution in [0.5, 0.6) is 0 Å². The maximum absolute atomic E-state index is 9.27. The first kappa shape index (κ1) is 11.8. The van der Waals surface area contributed by atoms with Crippen LogP contribution in [0.25, 0.3) is 0 Å². The summed E-state index contributed by atoms with van der Waals surface area (Å²) in [4.78, 5) is 0. The minimum atomic E-state index is -0.608. The number of halogens is 1.